The van der Waals surface area contributed by atoms with E-state index in [0.717, 1.165) is 40.3 Å². The lowest BCUT2D eigenvalue weighted by Gasteiger charge is -2.51. The van der Waals surface area contributed by atoms with Gasteiger partial charge in [0.2, 0.25) is 0 Å². The molecular weight excluding hydrogens is 415 g/mol. The molecule has 1 aromatic rings. The zero-order valence-electron chi connectivity index (χ0n) is 20.4. The van der Waals surface area contributed by atoms with Crippen LogP contribution in [0.1, 0.15) is 70.9 Å². The molecule has 1 N–H and O–H groups in total. The summed E-state index contributed by atoms with van der Waals surface area (Å²) in [7, 11) is 1.20. The Kier molecular flexibility index (Phi) is 5.53. The molecule has 176 valence electrons. The molecule has 1 aromatic carbocycles. The number of ether oxygens (including phenoxy) is 1. The van der Waals surface area contributed by atoms with Gasteiger partial charge in [-0.2, -0.15) is 0 Å². The highest BCUT2D eigenvalue weighted by Crippen LogP contribution is 2.57. The molecule has 0 radical (unpaired) electrons. The van der Waals surface area contributed by atoms with Crippen molar-refractivity contribution < 1.29 is 23.9 Å². The molecule has 4 bridgehead atoms. The number of methoxy groups -OCH3 is 1. The Hall–Kier alpha value is -2.05. The van der Waals surface area contributed by atoms with Gasteiger partial charge < -0.3 is 19.2 Å². The van der Waals surface area contributed by atoms with E-state index in [4.69, 9.17) is 14.0 Å². The van der Waals surface area contributed by atoms with E-state index in [1.807, 2.05) is 39.8 Å². The van der Waals surface area contributed by atoms with Crippen molar-refractivity contribution in [1.29, 1.82) is 0 Å². The average Bonchev–Trinajstić information content (AvgIpc) is 2.95. The SMILES string of the molecule is COC(=C1C2CC3CC(C2)CC1C3)c1ccc(/C=C/C(=O)O)c(B2OC(C)(C)C(C)(C)O2)c1. The van der Waals surface area contributed by atoms with E-state index in [-0.39, 0.29) is 0 Å². The summed E-state index contributed by atoms with van der Waals surface area (Å²) < 4.78 is 18.8. The minimum absolute atomic E-state index is 0.481. The lowest BCUT2D eigenvalue weighted by molar-refractivity contribution is -0.131. The maximum Gasteiger partial charge on any atom is 0.495 e. The lowest BCUT2D eigenvalue weighted by atomic mass is 9.54. The Morgan fingerprint density at radius 1 is 1.03 bits per heavy atom. The van der Waals surface area contributed by atoms with Crippen molar-refractivity contribution in [2.75, 3.05) is 7.11 Å². The zero-order chi connectivity index (χ0) is 23.5. The minimum Gasteiger partial charge on any atom is -0.496 e. The number of hydrogen-bond acceptors (Lipinski definition) is 4. The lowest BCUT2D eigenvalue weighted by Crippen LogP contribution is -2.41. The Labute approximate surface area is 197 Å². The first-order chi connectivity index (χ1) is 15.6. The monoisotopic (exact) mass is 450 g/mol. The molecule has 0 amide bonds. The van der Waals surface area contributed by atoms with E-state index in [2.05, 4.69) is 6.07 Å². The second kappa shape index (κ2) is 8.02. The Balaban J connectivity index is 1.58. The fourth-order valence-electron chi connectivity index (χ4n) is 6.67. The Bertz CT molecular complexity index is 975. The van der Waals surface area contributed by atoms with Crippen molar-refractivity contribution in [3.8, 4) is 0 Å². The average molecular weight is 450 g/mol. The van der Waals surface area contributed by atoms with Crippen LogP contribution < -0.4 is 5.46 Å². The summed E-state index contributed by atoms with van der Waals surface area (Å²) in [6.07, 6.45) is 9.36. The van der Waals surface area contributed by atoms with E-state index in [1.54, 1.807) is 13.2 Å². The molecule has 0 aromatic heterocycles. The Morgan fingerprint density at radius 3 is 2.12 bits per heavy atom. The van der Waals surface area contributed by atoms with Crippen LogP contribution in [0.3, 0.4) is 0 Å². The van der Waals surface area contributed by atoms with Gasteiger partial charge in [-0.15, -0.1) is 0 Å². The highest BCUT2D eigenvalue weighted by Gasteiger charge is 2.52. The van der Waals surface area contributed by atoms with Gasteiger partial charge in [0.1, 0.15) is 5.76 Å². The summed E-state index contributed by atoms with van der Waals surface area (Å²) in [4.78, 5) is 11.2. The van der Waals surface area contributed by atoms with Gasteiger partial charge in [0.05, 0.1) is 18.3 Å². The third-order valence-electron chi connectivity index (χ3n) is 8.75. The van der Waals surface area contributed by atoms with Crippen molar-refractivity contribution in [2.24, 2.45) is 23.7 Å². The minimum atomic E-state index is -0.979. The van der Waals surface area contributed by atoms with Gasteiger partial charge in [-0.1, -0.05) is 18.2 Å². The number of allylic oxidation sites excluding steroid dienone is 1. The van der Waals surface area contributed by atoms with Gasteiger partial charge in [-0.3, -0.25) is 0 Å². The molecule has 6 heteroatoms. The van der Waals surface area contributed by atoms with Crippen LogP contribution in [0.15, 0.2) is 29.8 Å². The van der Waals surface area contributed by atoms with Crippen LogP contribution in [0.2, 0.25) is 0 Å². The normalized spacial score (nSPS) is 31.4. The summed E-state index contributed by atoms with van der Waals surface area (Å²) in [5.74, 6) is 3.05. The zero-order valence-corrected chi connectivity index (χ0v) is 20.4. The van der Waals surface area contributed by atoms with Crippen molar-refractivity contribution in [1.82, 2.24) is 0 Å². The molecule has 6 rings (SSSR count). The highest BCUT2D eigenvalue weighted by molar-refractivity contribution is 6.63. The van der Waals surface area contributed by atoms with E-state index in [9.17, 15) is 9.90 Å². The third-order valence-corrected chi connectivity index (χ3v) is 8.75. The largest absolute Gasteiger partial charge is 0.496 e. The van der Waals surface area contributed by atoms with E-state index in [1.165, 1.54) is 37.7 Å². The first kappa shape index (κ1) is 22.7. The van der Waals surface area contributed by atoms with Gasteiger partial charge in [-0.25, -0.2) is 4.79 Å². The second-order valence-electron chi connectivity index (χ2n) is 11.4. The highest BCUT2D eigenvalue weighted by atomic mass is 16.7. The van der Waals surface area contributed by atoms with Crippen LogP contribution in [0.4, 0.5) is 0 Å². The fourth-order valence-corrected chi connectivity index (χ4v) is 6.67. The summed E-state index contributed by atoms with van der Waals surface area (Å²) in [5.41, 5.74) is 3.18. The van der Waals surface area contributed by atoms with Crippen molar-refractivity contribution in [3.05, 3.63) is 41.0 Å². The summed E-state index contributed by atoms with van der Waals surface area (Å²) in [6.45, 7) is 8.11. The first-order valence-electron chi connectivity index (χ1n) is 12.3. The molecule has 5 nitrogen and oxygen atoms in total. The van der Waals surface area contributed by atoms with E-state index < -0.39 is 24.3 Å². The number of carboxylic acids is 1. The predicted molar refractivity (Wildman–Crippen MR) is 130 cm³/mol. The number of aliphatic carboxylic acids is 1. The molecule has 4 saturated carbocycles. The smallest absolute Gasteiger partial charge is 0.495 e. The second-order valence-corrected chi connectivity index (χ2v) is 11.4. The van der Waals surface area contributed by atoms with Crippen LogP contribution in [-0.2, 0) is 18.8 Å². The van der Waals surface area contributed by atoms with Gasteiger partial charge in [0.15, 0.2) is 0 Å². The predicted octanol–water partition coefficient (Wildman–Crippen LogP) is 4.90. The summed E-state index contributed by atoms with van der Waals surface area (Å²) >= 11 is 0. The molecule has 1 saturated heterocycles. The van der Waals surface area contributed by atoms with E-state index >= 15 is 0 Å². The number of carboxylic acid groups (broad SMARTS) is 1. The van der Waals surface area contributed by atoms with Crippen LogP contribution in [0.25, 0.3) is 11.8 Å². The fraction of sp³-hybridized carbons (Fsp3) is 0.593. The molecule has 4 aliphatic carbocycles. The topological polar surface area (TPSA) is 65.0 Å². The Morgan fingerprint density at radius 2 is 1.61 bits per heavy atom. The number of rotatable bonds is 5. The standard InChI is InChI=1S/C27H35BO5/c1-26(2)27(3,4)33-28(32-26)22-15-19(7-6-18(22)8-9-23(29)30)25(31-5)24-20-11-16-10-17(13-20)14-21(24)12-16/h6-9,15-17,20-21H,10-14H2,1-5H3,(H,29,30)/b9-8+,25-24?. The first-order valence-corrected chi connectivity index (χ1v) is 12.3. The molecule has 5 aliphatic rings. The van der Waals surface area contributed by atoms with Gasteiger partial charge in [0, 0.05) is 11.6 Å². The maximum absolute atomic E-state index is 11.2. The quantitative estimate of drug-likeness (QED) is 0.393. The molecular formula is C27H35BO5. The maximum atomic E-state index is 11.2. The van der Waals surface area contributed by atoms with Crippen molar-refractivity contribution in [3.63, 3.8) is 0 Å². The summed E-state index contributed by atoms with van der Waals surface area (Å²) in [6, 6.07) is 6.10. The number of hydrogen-bond donors (Lipinski definition) is 1. The van der Waals surface area contributed by atoms with Crippen LogP contribution in [0.5, 0.6) is 0 Å². The van der Waals surface area contributed by atoms with Crippen molar-refractivity contribution in [2.45, 2.75) is 71.0 Å². The molecule has 0 spiro atoms. The van der Waals surface area contributed by atoms with Gasteiger partial charge in [0.25, 0.3) is 0 Å². The number of carbonyl (C=O) groups is 1. The molecule has 1 heterocycles. The molecule has 1 aliphatic heterocycles. The molecule has 5 fully saturated rings. The third kappa shape index (κ3) is 3.95. The van der Waals surface area contributed by atoms with Gasteiger partial charge >= 0.3 is 13.1 Å². The van der Waals surface area contributed by atoms with E-state index in [0.29, 0.717) is 11.8 Å². The van der Waals surface area contributed by atoms with Crippen LogP contribution in [-0.4, -0.2) is 36.5 Å². The van der Waals surface area contributed by atoms with Gasteiger partial charge in [-0.05, 0) is 106 Å². The van der Waals surface area contributed by atoms with Crippen LogP contribution >= 0.6 is 0 Å². The molecule has 0 unspecified atom stereocenters. The summed E-state index contributed by atoms with van der Waals surface area (Å²) in [5, 5.41) is 9.19. The van der Waals surface area contributed by atoms with Crippen LogP contribution in [0, 0.1) is 23.7 Å². The van der Waals surface area contributed by atoms with Crippen molar-refractivity contribution >= 4 is 30.4 Å². The molecule has 33 heavy (non-hydrogen) atoms. The number of benzene rings is 1. The molecule has 0 atom stereocenters.